The highest BCUT2D eigenvalue weighted by Gasteiger charge is 2.25. The van der Waals surface area contributed by atoms with Crippen LogP contribution in [0.15, 0.2) is 84.9 Å². The van der Waals surface area contributed by atoms with Crippen molar-refractivity contribution in [1.82, 2.24) is 24.7 Å². The van der Waals surface area contributed by atoms with E-state index in [-0.39, 0.29) is 17.6 Å². The summed E-state index contributed by atoms with van der Waals surface area (Å²) in [4.78, 5) is 26.2. The molecule has 0 amide bonds. The predicted octanol–water partition coefficient (Wildman–Crippen LogP) is 5.17. The first-order valence-corrected chi connectivity index (χ1v) is 15.1. The highest BCUT2D eigenvalue weighted by Crippen LogP contribution is 2.30. The number of nitrogens with zero attached hydrogens (tertiary/aromatic N) is 5. The summed E-state index contributed by atoms with van der Waals surface area (Å²) in [5, 5.41) is 24.6. The van der Waals surface area contributed by atoms with Crippen LogP contribution < -0.4 is 4.74 Å². The standard InChI is InChI=1S/C30H37N5O2.C4H4O4/c1-30(2,3)29-31-26-15-16-27(32-35(26)33-29)36-22-10-19-34-20-17-25(18-21-34)37-28(23-11-6-4-7-12-23)24-13-8-5-9-14-24;5-3(6)1-2-4(7)8/h4-9,11-16,25,28H,10,17-22H2,1-3H3;1-2H,(H,5,6)(H,7,8). The summed E-state index contributed by atoms with van der Waals surface area (Å²) in [5.74, 6) is -1.15. The van der Waals surface area contributed by atoms with Crippen molar-refractivity contribution < 1.29 is 29.3 Å². The number of rotatable bonds is 11. The Morgan fingerprint density at radius 3 is 2.00 bits per heavy atom. The third-order valence-corrected chi connectivity index (χ3v) is 7.16. The molecular weight excluding hydrogens is 574 g/mol. The zero-order chi connectivity index (χ0) is 32.2. The number of ether oxygens (including phenoxy) is 2. The molecule has 1 aliphatic rings. The number of benzene rings is 2. The van der Waals surface area contributed by atoms with E-state index in [1.54, 1.807) is 4.63 Å². The number of likely N-dealkylation sites (tertiary alicyclic amines) is 1. The molecule has 1 fully saturated rings. The number of carboxylic acids is 2. The Kier molecular flexibility index (Phi) is 11.8. The number of hydrogen-bond acceptors (Lipinski definition) is 8. The fourth-order valence-corrected chi connectivity index (χ4v) is 4.84. The van der Waals surface area contributed by atoms with Crippen molar-refractivity contribution in [3.8, 4) is 5.88 Å². The summed E-state index contributed by atoms with van der Waals surface area (Å²) in [7, 11) is 0. The molecule has 5 rings (SSSR count). The normalized spacial score (nSPS) is 14.4. The van der Waals surface area contributed by atoms with Crippen LogP contribution >= 0.6 is 0 Å². The van der Waals surface area contributed by atoms with Gasteiger partial charge in [-0.05, 0) is 36.5 Å². The monoisotopic (exact) mass is 615 g/mol. The Morgan fingerprint density at radius 1 is 0.889 bits per heavy atom. The summed E-state index contributed by atoms with van der Waals surface area (Å²) in [6, 6.07) is 24.9. The van der Waals surface area contributed by atoms with Gasteiger partial charge in [0.25, 0.3) is 0 Å². The summed E-state index contributed by atoms with van der Waals surface area (Å²) in [6.45, 7) is 10.0. The number of hydrogen-bond donors (Lipinski definition) is 2. The number of piperidine rings is 1. The van der Waals surface area contributed by atoms with Gasteiger partial charge in [-0.2, -0.15) is 0 Å². The largest absolute Gasteiger partial charge is 0.478 e. The summed E-state index contributed by atoms with van der Waals surface area (Å²) in [6.07, 6.45) is 4.38. The molecular formula is C34H41N5O6. The maximum atomic E-state index is 9.55. The fraction of sp³-hybridized carbons (Fsp3) is 0.382. The van der Waals surface area contributed by atoms with E-state index in [0.29, 0.717) is 24.6 Å². The lowest BCUT2D eigenvalue weighted by Crippen LogP contribution is -2.38. The van der Waals surface area contributed by atoms with E-state index in [9.17, 15) is 9.59 Å². The van der Waals surface area contributed by atoms with Crippen LogP contribution in [-0.4, -0.2) is 79.2 Å². The maximum Gasteiger partial charge on any atom is 0.328 e. The second-order valence-corrected chi connectivity index (χ2v) is 11.8. The van der Waals surface area contributed by atoms with Crippen LogP contribution in [-0.2, 0) is 19.7 Å². The van der Waals surface area contributed by atoms with Crippen molar-refractivity contribution in [3.63, 3.8) is 0 Å². The van der Waals surface area contributed by atoms with E-state index in [1.165, 1.54) is 11.1 Å². The van der Waals surface area contributed by atoms with E-state index < -0.39 is 11.9 Å². The van der Waals surface area contributed by atoms with Gasteiger partial charge in [-0.3, -0.25) is 0 Å². The summed E-state index contributed by atoms with van der Waals surface area (Å²) >= 11 is 0. The third kappa shape index (κ3) is 10.5. The molecule has 2 N–H and O–H groups in total. The lowest BCUT2D eigenvalue weighted by molar-refractivity contribution is -0.134. The summed E-state index contributed by atoms with van der Waals surface area (Å²) in [5.41, 5.74) is 3.04. The van der Waals surface area contributed by atoms with Crippen LogP contribution in [0.3, 0.4) is 0 Å². The minimum atomic E-state index is -1.26. The molecule has 11 nitrogen and oxygen atoms in total. The van der Waals surface area contributed by atoms with Crippen LogP contribution in [0.2, 0.25) is 0 Å². The smallest absolute Gasteiger partial charge is 0.328 e. The third-order valence-electron chi connectivity index (χ3n) is 7.16. The zero-order valence-corrected chi connectivity index (χ0v) is 26.0. The lowest BCUT2D eigenvalue weighted by Gasteiger charge is -2.34. The Bertz CT molecular complexity index is 1490. The molecule has 2 aromatic carbocycles. The molecule has 11 heteroatoms. The van der Waals surface area contributed by atoms with Crippen LogP contribution in [0.25, 0.3) is 5.65 Å². The van der Waals surface area contributed by atoms with Crippen molar-refractivity contribution in [2.75, 3.05) is 26.2 Å². The van der Waals surface area contributed by atoms with Gasteiger partial charge in [0.2, 0.25) is 5.88 Å². The molecule has 3 heterocycles. The number of fused-ring (bicyclic) bond motifs is 1. The van der Waals surface area contributed by atoms with E-state index in [4.69, 9.17) is 19.7 Å². The molecule has 2 aromatic heterocycles. The second-order valence-electron chi connectivity index (χ2n) is 11.8. The minimum absolute atomic E-state index is 0.0262. The number of carbonyl (C=O) groups is 2. The molecule has 0 radical (unpaired) electrons. The Labute approximate surface area is 263 Å². The molecule has 1 saturated heterocycles. The Balaban J connectivity index is 0.000000510. The molecule has 0 bridgehead atoms. The van der Waals surface area contributed by atoms with Crippen molar-refractivity contribution >= 4 is 17.6 Å². The fourth-order valence-electron chi connectivity index (χ4n) is 4.84. The van der Waals surface area contributed by atoms with E-state index >= 15 is 0 Å². The van der Waals surface area contributed by atoms with Crippen LogP contribution in [0, 0.1) is 0 Å². The van der Waals surface area contributed by atoms with Crippen molar-refractivity contribution in [2.24, 2.45) is 0 Å². The lowest BCUT2D eigenvalue weighted by atomic mass is 9.96. The van der Waals surface area contributed by atoms with E-state index in [0.717, 1.165) is 50.4 Å². The van der Waals surface area contributed by atoms with Gasteiger partial charge in [0.1, 0.15) is 6.10 Å². The highest BCUT2D eigenvalue weighted by molar-refractivity contribution is 5.89. The Morgan fingerprint density at radius 2 is 1.47 bits per heavy atom. The van der Waals surface area contributed by atoms with Gasteiger partial charge in [0.05, 0.1) is 12.7 Å². The molecule has 238 valence electrons. The molecule has 4 aromatic rings. The van der Waals surface area contributed by atoms with Crippen molar-refractivity contribution in [2.45, 2.75) is 57.7 Å². The van der Waals surface area contributed by atoms with Crippen LogP contribution in [0.4, 0.5) is 0 Å². The first-order chi connectivity index (χ1) is 21.6. The first kappa shape index (κ1) is 33.3. The first-order valence-electron chi connectivity index (χ1n) is 15.1. The van der Waals surface area contributed by atoms with Gasteiger partial charge < -0.3 is 24.6 Å². The molecule has 0 unspecified atom stereocenters. The van der Waals surface area contributed by atoms with Crippen molar-refractivity contribution in [3.05, 3.63) is 102 Å². The molecule has 0 atom stereocenters. The van der Waals surface area contributed by atoms with E-state index in [1.807, 2.05) is 12.1 Å². The maximum absolute atomic E-state index is 9.55. The zero-order valence-electron chi connectivity index (χ0n) is 26.0. The number of carboxylic acid groups (broad SMARTS) is 2. The molecule has 1 aliphatic heterocycles. The second kappa shape index (κ2) is 15.9. The minimum Gasteiger partial charge on any atom is -0.478 e. The molecule has 45 heavy (non-hydrogen) atoms. The number of aromatic nitrogens is 4. The van der Waals surface area contributed by atoms with Crippen LogP contribution in [0.1, 0.15) is 63.1 Å². The van der Waals surface area contributed by atoms with Crippen molar-refractivity contribution in [1.29, 1.82) is 0 Å². The summed E-state index contributed by atoms with van der Waals surface area (Å²) < 4.78 is 14.2. The average molecular weight is 616 g/mol. The molecule has 0 aliphatic carbocycles. The van der Waals surface area contributed by atoms with Gasteiger partial charge >= 0.3 is 11.9 Å². The molecule has 0 saturated carbocycles. The van der Waals surface area contributed by atoms with E-state index in [2.05, 4.69) is 102 Å². The van der Waals surface area contributed by atoms with Gasteiger partial charge in [-0.15, -0.1) is 14.8 Å². The number of aliphatic carboxylic acids is 2. The quantitative estimate of drug-likeness (QED) is 0.172. The van der Waals surface area contributed by atoms with Gasteiger partial charge in [0, 0.05) is 43.3 Å². The van der Waals surface area contributed by atoms with Gasteiger partial charge in [0.15, 0.2) is 11.5 Å². The predicted molar refractivity (Wildman–Crippen MR) is 169 cm³/mol. The Hall–Kier alpha value is -4.61. The molecule has 0 spiro atoms. The van der Waals surface area contributed by atoms with Gasteiger partial charge in [-0.25, -0.2) is 14.6 Å². The highest BCUT2D eigenvalue weighted by atomic mass is 16.5. The SMILES string of the molecule is CC(C)(C)c1nc2ccc(OCCCN3CCC(OC(c4ccccc4)c4ccccc4)CC3)nn2n1.O=C(O)C=CC(=O)O. The van der Waals surface area contributed by atoms with Gasteiger partial charge in [-0.1, -0.05) is 81.4 Å². The van der Waals surface area contributed by atoms with Crippen LogP contribution in [0.5, 0.6) is 5.88 Å². The topological polar surface area (TPSA) is 139 Å². The average Bonchev–Trinajstić information content (AvgIpc) is 3.47.